The number of esters is 1. The molecule has 0 fully saturated rings. The van der Waals surface area contributed by atoms with Crippen molar-refractivity contribution in [3.63, 3.8) is 0 Å². The predicted molar refractivity (Wildman–Crippen MR) is 122 cm³/mol. The third kappa shape index (κ3) is 5.25. The summed E-state index contributed by atoms with van der Waals surface area (Å²) in [6.45, 7) is -0.431. The summed E-state index contributed by atoms with van der Waals surface area (Å²) in [5.74, 6) is -1.45. The minimum Gasteiger partial charge on any atom is -0.452 e. The average Bonchev–Trinajstić information content (AvgIpc) is 3.35. The van der Waals surface area contributed by atoms with Crippen LogP contribution in [0.3, 0.4) is 0 Å². The van der Waals surface area contributed by atoms with Gasteiger partial charge in [0.1, 0.15) is 5.82 Å². The molecule has 0 saturated heterocycles. The fraction of sp³-hybridized carbons (Fsp3) is 0.0800. The van der Waals surface area contributed by atoms with E-state index in [1.807, 2.05) is 47.8 Å². The monoisotopic (exact) mass is 446 g/mol. The number of carbonyl (C=O) groups excluding carboxylic acids is 2. The van der Waals surface area contributed by atoms with E-state index in [9.17, 15) is 14.0 Å². The van der Waals surface area contributed by atoms with Crippen molar-refractivity contribution >= 4 is 40.2 Å². The number of para-hydroxylation sites is 1. The highest BCUT2D eigenvalue weighted by Crippen LogP contribution is 2.26. The van der Waals surface area contributed by atoms with Crippen LogP contribution in [0, 0.1) is 5.82 Å². The number of hydrogen-bond donors (Lipinski definition) is 1. The third-order valence-corrected chi connectivity index (χ3v) is 5.68. The Morgan fingerprint density at radius 3 is 2.66 bits per heavy atom. The Morgan fingerprint density at radius 2 is 1.88 bits per heavy atom. The molecule has 2 aromatic carbocycles. The Labute approximate surface area is 188 Å². The molecule has 2 heterocycles. The molecular formula is C25H19FN2O3S. The van der Waals surface area contributed by atoms with E-state index in [2.05, 4.69) is 10.3 Å². The predicted octanol–water partition coefficient (Wildman–Crippen LogP) is 4.90. The molecule has 4 rings (SSSR count). The van der Waals surface area contributed by atoms with Crippen LogP contribution in [0.1, 0.15) is 22.0 Å². The summed E-state index contributed by atoms with van der Waals surface area (Å²) in [6.07, 6.45) is 4.57. The van der Waals surface area contributed by atoms with Crippen molar-refractivity contribution in [3.05, 3.63) is 106 Å². The fourth-order valence-electron chi connectivity index (χ4n) is 3.24. The van der Waals surface area contributed by atoms with Crippen LogP contribution >= 0.6 is 11.3 Å². The van der Waals surface area contributed by atoms with E-state index in [1.54, 1.807) is 24.4 Å². The number of rotatable bonds is 7. The maximum absolute atomic E-state index is 13.3. The number of halogens is 1. The zero-order valence-corrected chi connectivity index (χ0v) is 17.7. The van der Waals surface area contributed by atoms with Crippen LogP contribution in [-0.2, 0) is 14.3 Å². The summed E-state index contributed by atoms with van der Waals surface area (Å²) < 4.78 is 18.4. The summed E-state index contributed by atoms with van der Waals surface area (Å²) in [7, 11) is 0. The fourth-order valence-corrected chi connectivity index (χ4v) is 4.04. The summed E-state index contributed by atoms with van der Waals surface area (Å²) in [4.78, 5) is 29.8. The van der Waals surface area contributed by atoms with E-state index in [1.165, 1.54) is 29.5 Å². The van der Waals surface area contributed by atoms with Crippen LogP contribution in [0.5, 0.6) is 0 Å². The first-order valence-corrected chi connectivity index (χ1v) is 10.7. The first-order valence-electron chi connectivity index (χ1n) is 9.87. The molecule has 7 heteroatoms. The Morgan fingerprint density at radius 1 is 1.06 bits per heavy atom. The molecule has 1 amide bonds. The molecular weight excluding hydrogens is 427 g/mol. The average molecular weight is 447 g/mol. The van der Waals surface area contributed by atoms with Crippen LogP contribution in [0.15, 0.2) is 84.4 Å². The normalized spacial score (nSPS) is 12.0. The Kier molecular flexibility index (Phi) is 6.67. The molecule has 0 spiro atoms. The minimum absolute atomic E-state index is 0.355. The van der Waals surface area contributed by atoms with Gasteiger partial charge in [0.15, 0.2) is 6.61 Å². The number of carbonyl (C=O) groups is 2. The van der Waals surface area contributed by atoms with Crippen LogP contribution in [0.2, 0.25) is 0 Å². The van der Waals surface area contributed by atoms with E-state index in [4.69, 9.17) is 4.74 Å². The standard InChI is InChI=1S/C25H19FN2O3S/c26-20-11-8-19(9-12-20)25(21-7-3-15-32-21)28-22(29)16-31-23(30)13-10-18-5-1-4-17-6-2-14-27-24(17)18/h1-15,25H,16H2,(H,28,29)/b13-10+. The van der Waals surface area contributed by atoms with Crippen LogP contribution in [0.4, 0.5) is 4.39 Å². The van der Waals surface area contributed by atoms with Crippen molar-refractivity contribution in [2.45, 2.75) is 6.04 Å². The van der Waals surface area contributed by atoms with Gasteiger partial charge in [0.25, 0.3) is 5.91 Å². The first-order chi connectivity index (χ1) is 15.6. The van der Waals surface area contributed by atoms with Crippen molar-refractivity contribution in [3.8, 4) is 0 Å². The Bertz CT molecular complexity index is 1250. The van der Waals surface area contributed by atoms with Gasteiger partial charge in [-0.3, -0.25) is 9.78 Å². The van der Waals surface area contributed by atoms with Crippen molar-refractivity contribution in [2.75, 3.05) is 6.61 Å². The largest absolute Gasteiger partial charge is 0.452 e. The van der Waals surface area contributed by atoms with Gasteiger partial charge in [0.05, 0.1) is 11.6 Å². The highest BCUT2D eigenvalue weighted by molar-refractivity contribution is 7.10. The SMILES string of the molecule is O=C(COC(=O)/C=C/c1cccc2cccnc12)NC(c1ccc(F)cc1)c1cccs1. The molecule has 2 aromatic heterocycles. The number of amides is 1. The highest BCUT2D eigenvalue weighted by Gasteiger charge is 2.18. The first kappa shape index (κ1) is 21.4. The zero-order chi connectivity index (χ0) is 22.3. The minimum atomic E-state index is -0.637. The van der Waals surface area contributed by atoms with Gasteiger partial charge in [-0.15, -0.1) is 11.3 Å². The second-order valence-electron chi connectivity index (χ2n) is 6.93. The van der Waals surface area contributed by atoms with Gasteiger partial charge in [-0.25, -0.2) is 9.18 Å². The number of ether oxygens (including phenoxy) is 1. The van der Waals surface area contributed by atoms with E-state index in [0.717, 1.165) is 26.9 Å². The highest BCUT2D eigenvalue weighted by atomic mass is 32.1. The molecule has 4 aromatic rings. The molecule has 5 nitrogen and oxygen atoms in total. The maximum atomic E-state index is 13.3. The topological polar surface area (TPSA) is 68.3 Å². The third-order valence-electron chi connectivity index (χ3n) is 4.74. The molecule has 0 radical (unpaired) electrons. The summed E-state index contributed by atoms with van der Waals surface area (Å²) in [5.41, 5.74) is 2.28. The molecule has 0 saturated carbocycles. The second kappa shape index (κ2) is 9.98. The lowest BCUT2D eigenvalue weighted by molar-refractivity contribution is -0.143. The summed E-state index contributed by atoms with van der Waals surface area (Å²) in [5, 5.41) is 5.70. The van der Waals surface area contributed by atoms with Gasteiger partial charge < -0.3 is 10.1 Å². The number of nitrogens with zero attached hydrogens (tertiary/aromatic N) is 1. The van der Waals surface area contributed by atoms with Gasteiger partial charge in [0.2, 0.25) is 0 Å². The molecule has 160 valence electrons. The Balaban J connectivity index is 1.38. The smallest absolute Gasteiger partial charge is 0.331 e. The number of hydrogen-bond acceptors (Lipinski definition) is 5. The maximum Gasteiger partial charge on any atom is 0.331 e. The lowest BCUT2D eigenvalue weighted by Gasteiger charge is -2.18. The van der Waals surface area contributed by atoms with Crippen molar-refractivity contribution in [2.24, 2.45) is 0 Å². The van der Waals surface area contributed by atoms with Gasteiger partial charge in [0, 0.05) is 28.1 Å². The van der Waals surface area contributed by atoms with E-state index >= 15 is 0 Å². The van der Waals surface area contributed by atoms with Gasteiger partial charge >= 0.3 is 5.97 Å². The number of fused-ring (bicyclic) bond motifs is 1. The molecule has 1 atom stereocenters. The van der Waals surface area contributed by atoms with Crippen LogP contribution in [-0.4, -0.2) is 23.5 Å². The molecule has 0 aliphatic rings. The van der Waals surface area contributed by atoms with Crippen LogP contribution < -0.4 is 5.32 Å². The zero-order valence-electron chi connectivity index (χ0n) is 16.9. The molecule has 0 bridgehead atoms. The van der Waals surface area contributed by atoms with E-state index in [0.29, 0.717) is 0 Å². The summed E-state index contributed by atoms with van der Waals surface area (Å²) >= 11 is 1.47. The quantitative estimate of drug-likeness (QED) is 0.324. The van der Waals surface area contributed by atoms with Crippen LogP contribution in [0.25, 0.3) is 17.0 Å². The molecule has 1 N–H and O–H groups in total. The van der Waals surface area contributed by atoms with Gasteiger partial charge in [-0.1, -0.05) is 42.5 Å². The molecule has 1 unspecified atom stereocenters. The molecule has 32 heavy (non-hydrogen) atoms. The molecule has 0 aliphatic carbocycles. The number of nitrogens with one attached hydrogen (secondary N) is 1. The summed E-state index contributed by atoms with van der Waals surface area (Å²) in [6, 6.07) is 18.7. The van der Waals surface area contributed by atoms with E-state index in [-0.39, 0.29) is 5.82 Å². The number of pyridine rings is 1. The number of thiophene rings is 1. The lowest BCUT2D eigenvalue weighted by atomic mass is 10.1. The lowest BCUT2D eigenvalue weighted by Crippen LogP contribution is -2.32. The number of benzene rings is 2. The van der Waals surface area contributed by atoms with Crippen molar-refractivity contribution in [1.29, 1.82) is 0 Å². The molecule has 0 aliphatic heterocycles. The van der Waals surface area contributed by atoms with E-state index < -0.39 is 24.5 Å². The Hall–Kier alpha value is -3.84. The van der Waals surface area contributed by atoms with Gasteiger partial charge in [-0.2, -0.15) is 0 Å². The van der Waals surface area contributed by atoms with Crippen molar-refractivity contribution < 1.29 is 18.7 Å². The second-order valence-corrected chi connectivity index (χ2v) is 7.91. The van der Waals surface area contributed by atoms with Crippen molar-refractivity contribution in [1.82, 2.24) is 10.3 Å². The van der Waals surface area contributed by atoms with Gasteiger partial charge in [-0.05, 0) is 41.3 Å². The number of aromatic nitrogens is 1.